The predicted octanol–water partition coefficient (Wildman–Crippen LogP) is 2.51. The summed E-state index contributed by atoms with van der Waals surface area (Å²) >= 11 is 0. The van der Waals surface area contributed by atoms with Gasteiger partial charge in [0.05, 0.1) is 17.2 Å². The van der Waals surface area contributed by atoms with Crippen molar-refractivity contribution in [1.82, 2.24) is 9.80 Å². The number of carbonyl (C=O) groups excluding carboxylic acids is 3. The van der Waals surface area contributed by atoms with Crippen LogP contribution in [0.2, 0.25) is 0 Å². The number of hydrogen-bond acceptors (Lipinski definition) is 9. The lowest BCUT2D eigenvalue weighted by molar-refractivity contribution is -0.148. The van der Waals surface area contributed by atoms with Gasteiger partial charge in [-0.1, -0.05) is 0 Å². The number of ketones is 2. The maximum Gasteiger partial charge on any atom is 0.417 e. The maximum atomic E-state index is 14.7. The van der Waals surface area contributed by atoms with Crippen molar-refractivity contribution in [2.45, 2.75) is 68.9 Å². The molecule has 0 unspecified atom stereocenters. The van der Waals surface area contributed by atoms with Gasteiger partial charge in [-0.05, 0) is 83.3 Å². The van der Waals surface area contributed by atoms with Crippen LogP contribution >= 0.6 is 0 Å². The molecule has 1 fully saturated rings. The molecular weight excluding hydrogens is 559 g/mol. The number of phenolic OH excluding ortho intramolecular Hbond substituents is 1. The second-order valence-electron chi connectivity index (χ2n) is 12.5. The van der Waals surface area contributed by atoms with E-state index in [4.69, 9.17) is 5.73 Å². The predicted molar refractivity (Wildman–Crippen MR) is 142 cm³/mol. The fraction of sp³-hybridized carbons (Fsp3) is 0.552. The van der Waals surface area contributed by atoms with Gasteiger partial charge in [-0.25, -0.2) is 0 Å². The number of amides is 1. The molecule has 6 N–H and O–H groups in total. The van der Waals surface area contributed by atoms with Crippen molar-refractivity contribution in [3.63, 3.8) is 0 Å². The molecule has 4 aliphatic rings. The number of aliphatic hydroxyl groups is 3. The van der Waals surface area contributed by atoms with Crippen LogP contribution < -0.4 is 5.73 Å². The summed E-state index contributed by atoms with van der Waals surface area (Å²) in [7, 11) is 4.65. The van der Waals surface area contributed by atoms with E-state index in [0.29, 0.717) is 0 Å². The van der Waals surface area contributed by atoms with E-state index >= 15 is 0 Å². The Morgan fingerprint density at radius 1 is 1.14 bits per heavy atom. The molecule has 0 aromatic heterocycles. The summed E-state index contributed by atoms with van der Waals surface area (Å²) in [6, 6.07) is -0.329. The van der Waals surface area contributed by atoms with E-state index in [-0.39, 0.29) is 24.1 Å². The molecule has 228 valence electrons. The third-order valence-corrected chi connectivity index (χ3v) is 9.85. The van der Waals surface area contributed by atoms with Crippen LogP contribution in [0.25, 0.3) is 0 Å². The van der Waals surface area contributed by atoms with Gasteiger partial charge in [-0.2, -0.15) is 13.2 Å². The lowest BCUT2D eigenvalue weighted by Gasteiger charge is -2.50. The average Bonchev–Trinajstić information content (AvgIpc) is 2.83. The molecule has 5 rings (SSSR count). The van der Waals surface area contributed by atoms with Gasteiger partial charge in [0.1, 0.15) is 22.8 Å². The van der Waals surface area contributed by atoms with Gasteiger partial charge in [-0.15, -0.1) is 0 Å². The van der Waals surface area contributed by atoms with E-state index in [1.54, 1.807) is 11.9 Å². The molecule has 1 saturated carbocycles. The second kappa shape index (κ2) is 9.55. The molecular formula is C29H34F3N3O7. The number of rotatable bonds is 5. The number of fused-ring (bicyclic) bond motifs is 3. The Hall–Kier alpha value is -3.42. The standard InChI is InChI=1S/C29H34F3N3O7/c1-27(6-5-7-27)35(4)11-13-10-16(36)18-14(20(13)29(30,31)32)8-12-9-15-21(34(2)3)23(38)19(26(33)41)25(40)28(15,42)24(39)17(12)22(18)37/h10,12,15,21,36,38-39,42H,5-9,11H2,1-4H3,(H2,33,41)/t12-,15-,21-,28-/m0/s1. The molecule has 4 aliphatic carbocycles. The normalized spacial score (nSPS) is 29.0. The van der Waals surface area contributed by atoms with Crippen LogP contribution in [0.1, 0.15) is 59.7 Å². The minimum absolute atomic E-state index is 0.132. The summed E-state index contributed by atoms with van der Waals surface area (Å²) in [5.74, 6) is -8.97. The van der Waals surface area contributed by atoms with Gasteiger partial charge in [0.25, 0.3) is 5.91 Å². The largest absolute Gasteiger partial charge is 0.510 e. The van der Waals surface area contributed by atoms with Crippen LogP contribution in [-0.4, -0.2) is 86.0 Å². The van der Waals surface area contributed by atoms with Gasteiger partial charge >= 0.3 is 6.18 Å². The Morgan fingerprint density at radius 3 is 2.26 bits per heavy atom. The Labute approximate surface area is 239 Å². The molecule has 0 saturated heterocycles. The molecule has 13 heteroatoms. The van der Waals surface area contributed by atoms with Gasteiger partial charge < -0.3 is 26.2 Å². The van der Waals surface area contributed by atoms with Crippen molar-refractivity contribution in [2.75, 3.05) is 21.1 Å². The highest BCUT2D eigenvalue weighted by Crippen LogP contribution is 2.54. The fourth-order valence-corrected chi connectivity index (χ4v) is 7.38. The molecule has 10 nitrogen and oxygen atoms in total. The highest BCUT2D eigenvalue weighted by Gasteiger charge is 2.63. The summed E-state index contributed by atoms with van der Waals surface area (Å²) in [4.78, 5) is 42.4. The number of primary amides is 1. The smallest absolute Gasteiger partial charge is 0.417 e. The Balaban J connectivity index is 1.69. The molecule has 1 aromatic rings. The zero-order valence-corrected chi connectivity index (χ0v) is 23.7. The number of nitrogens with zero attached hydrogens (tertiary/aromatic N) is 2. The monoisotopic (exact) mass is 593 g/mol. The van der Waals surface area contributed by atoms with Crippen molar-refractivity contribution in [3.05, 3.63) is 51.0 Å². The van der Waals surface area contributed by atoms with Crippen molar-refractivity contribution < 1.29 is 48.0 Å². The van der Waals surface area contributed by atoms with Crippen LogP contribution in [-0.2, 0) is 28.7 Å². The topological polar surface area (TPSA) is 165 Å². The first-order valence-electron chi connectivity index (χ1n) is 13.7. The van der Waals surface area contributed by atoms with Gasteiger partial charge in [-0.3, -0.25) is 24.2 Å². The van der Waals surface area contributed by atoms with Crippen LogP contribution in [0.4, 0.5) is 13.2 Å². The van der Waals surface area contributed by atoms with Gasteiger partial charge in [0, 0.05) is 23.6 Å². The Morgan fingerprint density at radius 2 is 1.76 bits per heavy atom. The number of halogens is 3. The summed E-state index contributed by atoms with van der Waals surface area (Å²) in [6.45, 7) is 1.82. The number of nitrogens with two attached hydrogens (primary N) is 1. The zero-order valence-electron chi connectivity index (χ0n) is 23.7. The maximum absolute atomic E-state index is 14.7. The lowest BCUT2D eigenvalue weighted by Crippen LogP contribution is -2.63. The van der Waals surface area contributed by atoms with E-state index in [9.17, 15) is 48.0 Å². The molecule has 1 amide bonds. The van der Waals surface area contributed by atoms with Crippen LogP contribution in [0.3, 0.4) is 0 Å². The Kier molecular flexibility index (Phi) is 6.83. The minimum atomic E-state index is -4.89. The third kappa shape index (κ3) is 4.08. The molecule has 0 aliphatic heterocycles. The summed E-state index contributed by atoms with van der Waals surface area (Å²) in [5, 5.41) is 44.7. The molecule has 42 heavy (non-hydrogen) atoms. The molecule has 0 spiro atoms. The van der Waals surface area contributed by atoms with E-state index in [2.05, 4.69) is 0 Å². The van der Waals surface area contributed by atoms with Gasteiger partial charge in [0.2, 0.25) is 5.78 Å². The minimum Gasteiger partial charge on any atom is -0.510 e. The molecule has 4 atom stereocenters. The number of Topliss-reactive ketones (excluding diaryl/α,β-unsaturated/α-hetero) is 2. The molecule has 0 radical (unpaired) electrons. The van der Waals surface area contributed by atoms with E-state index in [1.807, 2.05) is 6.92 Å². The number of likely N-dealkylation sites (N-methyl/N-ethyl adjacent to an activating group) is 1. The number of alkyl halides is 3. The number of hydrogen-bond donors (Lipinski definition) is 5. The lowest BCUT2D eigenvalue weighted by atomic mass is 9.58. The number of allylic oxidation sites excluding steroid dienone is 1. The van der Waals surface area contributed by atoms with Gasteiger partial charge in [0.15, 0.2) is 11.4 Å². The summed E-state index contributed by atoms with van der Waals surface area (Å²) < 4.78 is 44.1. The number of aromatic hydroxyl groups is 1. The van der Waals surface area contributed by atoms with Crippen LogP contribution in [0.15, 0.2) is 28.7 Å². The quantitative estimate of drug-likeness (QED) is 0.323. The van der Waals surface area contributed by atoms with Crippen molar-refractivity contribution in [3.8, 4) is 5.75 Å². The van der Waals surface area contributed by atoms with Crippen molar-refractivity contribution in [2.24, 2.45) is 17.6 Å². The fourth-order valence-electron chi connectivity index (χ4n) is 7.38. The highest BCUT2D eigenvalue weighted by molar-refractivity contribution is 6.24. The molecule has 0 bridgehead atoms. The van der Waals surface area contributed by atoms with Crippen LogP contribution in [0.5, 0.6) is 5.75 Å². The van der Waals surface area contributed by atoms with Crippen molar-refractivity contribution in [1.29, 1.82) is 0 Å². The first kappa shape index (κ1) is 30.1. The third-order valence-electron chi connectivity index (χ3n) is 9.85. The highest BCUT2D eigenvalue weighted by atomic mass is 19.4. The zero-order chi connectivity index (χ0) is 31.3. The number of aliphatic hydroxyl groups excluding tert-OH is 2. The average molecular weight is 594 g/mol. The second-order valence-corrected chi connectivity index (χ2v) is 12.5. The summed E-state index contributed by atoms with van der Waals surface area (Å²) in [5.41, 5.74) is -1.65. The first-order valence-corrected chi connectivity index (χ1v) is 13.7. The molecule has 1 aromatic carbocycles. The SMILES string of the molecule is CN(C)[C@@H]1C(O)=C(C(N)=O)C(=O)[C@@]2(O)C(O)=C3C(=O)c4c(O)cc(CN(C)C5(C)CCC5)c(C(F)(F)F)c4C[C@H]3C[C@@H]12. The first-order chi connectivity index (χ1) is 19.4. The van der Waals surface area contributed by atoms with E-state index in [1.165, 1.54) is 19.0 Å². The van der Waals surface area contributed by atoms with Crippen LogP contribution in [0, 0.1) is 11.8 Å². The number of benzene rings is 1. The number of carbonyl (C=O) groups is 3. The van der Waals surface area contributed by atoms with E-state index in [0.717, 1.165) is 25.3 Å². The van der Waals surface area contributed by atoms with E-state index < -0.39 is 98.7 Å². The summed E-state index contributed by atoms with van der Waals surface area (Å²) in [6.07, 6.45) is -3.06. The Bertz CT molecular complexity index is 1480. The number of phenols is 1. The molecule has 0 heterocycles. The van der Waals surface area contributed by atoms with Crippen molar-refractivity contribution >= 4 is 17.5 Å².